The average molecular weight is 358 g/mol. The molecule has 0 bridgehead atoms. The molecule has 0 aliphatic carbocycles. The van der Waals surface area contributed by atoms with Crippen molar-refractivity contribution in [3.63, 3.8) is 0 Å². The van der Waals surface area contributed by atoms with Gasteiger partial charge < -0.3 is 20.1 Å². The van der Waals surface area contributed by atoms with Crippen LogP contribution in [0.3, 0.4) is 0 Å². The molecular formula is C19H26N4O3. The first-order chi connectivity index (χ1) is 12.5. The van der Waals surface area contributed by atoms with Crippen molar-refractivity contribution in [1.29, 1.82) is 0 Å². The predicted molar refractivity (Wildman–Crippen MR) is 101 cm³/mol. The number of hydrogen-bond acceptors (Lipinski definition) is 6. The minimum atomic E-state index is -0.228. The van der Waals surface area contributed by atoms with Crippen LogP contribution in [0.1, 0.15) is 36.2 Å². The number of anilines is 1. The number of carbonyl (C=O) groups excluding carboxylic acids is 1. The largest absolute Gasteiger partial charge is 0.493 e. The topological polar surface area (TPSA) is 85.4 Å². The molecule has 0 saturated carbocycles. The van der Waals surface area contributed by atoms with Crippen LogP contribution in [-0.2, 0) is 6.54 Å². The van der Waals surface area contributed by atoms with Crippen molar-refractivity contribution in [1.82, 2.24) is 15.3 Å². The Morgan fingerprint density at radius 3 is 2.42 bits per heavy atom. The van der Waals surface area contributed by atoms with E-state index in [4.69, 9.17) is 9.47 Å². The van der Waals surface area contributed by atoms with Crippen molar-refractivity contribution in [2.75, 3.05) is 26.1 Å². The van der Waals surface area contributed by atoms with Gasteiger partial charge in [-0.2, -0.15) is 0 Å². The summed E-state index contributed by atoms with van der Waals surface area (Å²) in [7, 11) is 3.16. The molecule has 2 N–H and O–H groups in total. The van der Waals surface area contributed by atoms with Gasteiger partial charge in [0.05, 0.1) is 19.8 Å². The van der Waals surface area contributed by atoms with E-state index >= 15 is 0 Å². The number of aromatic nitrogens is 2. The smallest absolute Gasteiger partial charge is 0.254 e. The number of rotatable bonds is 9. The lowest BCUT2D eigenvalue weighted by Gasteiger charge is -2.10. The van der Waals surface area contributed by atoms with Gasteiger partial charge in [-0.15, -0.1) is 0 Å². The molecule has 0 aliphatic rings. The first-order valence-corrected chi connectivity index (χ1v) is 8.58. The van der Waals surface area contributed by atoms with Crippen molar-refractivity contribution in [2.45, 2.75) is 26.8 Å². The van der Waals surface area contributed by atoms with Gasteiger partial charge in [-0.3, -0.25) is 4.79 Å². The van der Waals surface area contributed by atoms with Gasteiger partial charge in [0, 0.05) is 25.5 Å². The third-order valence-electron chi connectivity index (χ3n) is 3.82. The van der Waals surface area contributed by atoms with Crippen LogP contribution in [0.25, 0.3) is 0 Å². The molecule has 1 aromatic carbocycles. The zero-order chi connectivity index (χ0) is 18.9. The second-order valence-electron chi connectivity index (χ2n) is 6.28. The molecule has 7 nitrogen and oxygen atoms in total. The van der Waals surface area contributed by atoms with Gasteiger partial charge in [-0.25, -0.2) is 9.97 Å². The van der Waals surface area contributed by atoms with Crippen LogP contribution in [0.4, 0.5) is 5.95 Å². The molecule has 1 heterocycles. The van der Waals surface area contributed by atoms with Crippen LogP contribution >= 0.6 is 0 Å². The summed E-state index contributed by atoms with van der Waals surface area (Å²) in [6.07, 6.45) is 4.08. The second-order valence-corrected chi connectivity index (χ2v) is 6.28. The van der Waals surface area contributed by atoms with E-state index in [9.17, 15) is 4.79 Å². The Morgan fingerprint density at radius 1 is 1.12 bits per heavy atom. The standard InChI is InChI=1S/C19H26N4O3/c1-13(2)7-8-20-19-22-11-15(12-23-19)18(24)21-10-14-5-6-16(25-3)17(9-14)26-4/h5-6,9,11-13H,7-8,10H2,1-4H3,(H,21,24)(H,20,22,23). The van der Waals surface area contributed by atoms with E-state index < -0.39 is 0 Å². The molecule has 0 unspecified atom stereocenters. The van der Waals surface area contributed by atoms with E-state index in [1.807, 2.05) is 12.1 Å². The van der Waals surface area contributed by atoms with Gasteiger partial charge in [0.25, 0.3) is 5.91 Å². The maximum atomic E-state index is 12.2. The highest BCUT2D eigenvalue weighted by Gasteiger charge is 2.09. The highest BCUT2D eigenvalue weighted by atomic mass is 16.5. The van der Waals surface area contributed by atoms with Gasteiger partial charge in [-0.05, 0) is 30.0 Å². The number of methoxy groups -OCH3 is 2. The number of nitrogens with zero attached hydrogens (tertiary/aromatic N) is 2. The van der Waals surface area contributed by atoms with E-state index in [0.29, 0.717) is 35.5 Å². The van der Waals surface area contributed by atoms with Gasteiger partial charge in [0.2, 0.25) is 5.95 Å². The fourth-order valence-electron chi connectivity index (χ4n) is 2.28. The fourth-order valence-corrected chi connectivity index (χ4v) is 2.28. The Kier molecular flexibility index (Phi) is 7.20. The number of benzene rings is 1. The molecule has 26 heavy (non-hydrogen) atoms. The van der Waals surface area contributed by atoms with E-state index in [1.165, 1.54) is 12.4 Å². The van der Waals surface area contributed by atoms with Crippen LogP contribution < -0.4 is 20.1 Å². The Hall–Kier alpha value is -2.83. The molecule has 7 heteroatoms. The lowest BCUT2D eigenvalue weighted by Crippen LogP contribution is -2.23. The Labute approximate surface area is 154 Å². The second kappa shape index (κ2) is 9.60. The van der Waals surface area contributed by atoms with Crippen LogP contribution in [0.2, 0.25) is 0 Å². The monoisotopic (exact) mass is 358 g/mol. The molecule has 1 amide bonds. The summed E-state index contributed by atoms with van der Waals surface area (Å²) in [5.74, 6) is 2.19. The molecule has 1 aromatic heterocycles. The molecule has 140 valence electrons. The summed E-state index contributed by atoms with van der Waals surface area (Å²) in [6, 6.07) is 5.51. The van der Waals surface area contributed by atoms with Crippen LogP contribution in [0.5, 0.6) is 11.5 Å². The van der Waals surface area contributed by atoms with Crippen LogP contribution in [-0.4, -0.2) is 36.6 Å². The lowest BCUT2D eigenvalue weighted by atomic mass is 10.1. The third-order valence-corrected chi connectivity index (χ3v) is 3.82. The first kappa shape index (κ1) is 19.5. The quantitative estimate of drug-likeness (QED) is 0.717. The summed E-state index contributed by atoms with van der Waals surface area (Å²) in [5, 5.41) is 5.99. The number of ether oxygens (including phenoxy) is 2. The van der Waals surface area contributed by atoms with Gasteiger partial charge in [0.1, 0.15) is 0 Å². The Bertz CT molecular complexity index is 717. The molecular weight excluding hydrogens is 332 g/mol. The molecule has 0 spiro atoms. The zero-order valence-electron chi connectivity index (χ0n) is 15.7. The summed E-state index contributed by atoms with van der Waals surface area (Å²) >= 11 is 0. The first-order valence-electron chi connectivity index (χ1n) is 8.58. The summed E-state index contributed by atoms with van der Waals surface area (Å²) < 4.78 is 10.5. The van der Waals surface area contributed by atoms with Crippen molar-refractivity contribution in [3.05, 3.63) is 41.7 Å². The van der Waals surface area contributed by atoms with Gasteiger partial charge >= 0.3 is 0 Å². The van der Waals surface area contributed by atoms with E-state index in [1.54, 1.807) is 20.3 Å². The number of amides is 1. The van der Waals surface area contributed by atoms with E-state index in [0.717, 1.165) is 18.5 Å². The lowest BCUT2D eigenvalue weighted by molar-refractivity contribution is 0.0950. The SMILES string of the molecule is COc1ccc(CNC(=O)c2cnc(NCCC(C)C)nc2)cc1OC. The minimum Gasteiger partial charge on any atom is -0.493 e. The molecule has 0 saturated heterocycles. The maximum absolute atomic E-state index is 12.2. The summed E-state index contributed by atoms with van der Waals surface area (Å²) in [6.45, 7) is 5.50. The van der Waals surface area contributed by atoms with Gasteiger partial charge in [-0.1, -0.05) is 19.9 Å². The highest BCUT2D eigenvalue weighted by molar-refractivity contribution is 5.93. The summed E-state index contributed by atoms with van der Waals surface area (Å²) in [5.41, 5.74) is 1.32. The fraction of sp³-hybridized carbons (Fsp3) is 0.421. The normalized spacial score (nSPS) is 10.5. The van der Waals surface area contributed by atoms with Gasteiger partial charge in [0.15, 0.2) is 11.5 Å². The number of carbonyl (C=O) groups is 1. The third kappa shape index (κ3) is 5.61. The van der Waals surface area contributed by atoms with Crippen LogP contribution in [0.15, 0.2) is 30.6 Å². The van der Waals surface area contributed by atoms with Crippen molar-refractivity contribution < 1.29 is 14.3 Å². The predicted octanol–water partition coefficient (Wildman–Crippen LogP) is 2.88. The molecule has 2 rings (SSSR count). The average Bonchev–Trinajstić information content (AvgIpc) is 2.66. The Balaban J connectivity index is 1.89. The molecule has 0 radical (unpaired) electrons. The van der Waals surface area contributed by atoms with E-state index in [-0.39, 0.29) is 5.91 Å². The molecule has 0 aliphatic heterocycles. The van der Waals surface area contributed by atoms with Crippen molar-refractivity contribution in [2.24, 2.45) is 5.92 Å². The maximum Gasteiger partial charge on any atom is 0.254 e. The molecule has 0 atom stereocenters. The minimum absolute atomic E-state index is 0.228. The number of nitrogens with one attached hydrogen (secondary N) is 2. The van der Waals surface area contributed by atoms with Crippen molar-refractivity contribution in [3.8, 4) is 11.5 Å². The van der Waals surface area contributed by atoms with Crippen molar-refractivity contribution >= 4 is 11.9 Å². The molecule has 0 fully saturated rings. The molecule has 2 aromatic rings. The zero-order valence-corrected chi connectivity index (χ0v) is 15.7. The Morgan fingerprint density at radius 2 is 1.81 bits per heavy atom. The highest BCUT2D eigenvalue weighted by Crippen LogP contribution is 2.27. The summed E-state index contributed by atoms with van der Waals surface area (Å²) in [4.78, 5) is 20.6. The number of hydrogen-bond donors (Lipinski definition) is 2. The van der Waals surface area contributed by atoms with Crippen LogP contribution in [0, 0.1) is 5.92 Å². The van der Waals surface area contributed by atoms with E-state index in [2.05, 4.69) is 34.4 Å².